The lowest BCUT2D eigenvalue weighted by Crippen LogP contribution is -2.52. The fourth-order valence-corrected chi connectivity index (χ4v) is 3.03. The molecule has 0 radical (unpaired) electrons. The van der Waals surface area contributed by atoms with Crippen LogP contribution in [0.5, 0.6) is 0 Å². The number of aryl methyl sites for hydroxylation is 1. The van der Waals surface area contributed by atoms with Crippen molar-refractivity contribution in [2.45, 2.75) is 31.3 Å². The molecule has 0 saturated carbocycles. The Hall–Kier alpha value is -0.900. The Morgan fingerprint density at radius 1 is 1.26 bits per heavy atom. The van der Waals surface area contributed by atoms with Crippen LogP contribution in [-0.4, -0.2) is 39.0 Å². The minimum Gasteiger partial charge on any atom is -0.379 e. The summed E-state index contributed by atoms with van der Waals surface area (Å²) in [5.74, 6) is 0. The topological polar surface area (TPSA) is 30.5 Å². The van der Waals surface area contributed by atoms with Crippen LogP contribution in [0.15, 0.2) is 24.3 Å². The van der Waals surface area contributed by atoms with Gasteiger partial charge in [-0.1, -0.05) is 31.2 Å². The predicted molar refractivity (Wildman–Crippen MR) is 75.5 cm³/mol. The molecule has 19 heavy (non-hydrogen) atoms. The van der Waals surface area contributed by atoms with Crippen LogP contribution in [0.1, 0.15) is 24.5 Å². The first-order valence-electron chi connectivity index (χ1n) is 7.32. The number of morpholine rings is 1. The van der Waals surface area contributed by atoms with E-state index in [-0.39, 0.29) is 5.41 Å². The van der Waals surface area contributed by atoms with Gasteiger partial charge in [0.15, 0.2) is 0 Å². The zero-order valence-electron chi connectivity index (χ0n) is 11.7. The highest BCUT2D eigenvalue weighted by molar-refractivity contribution is 5.31. The van der Waals surface area contributed by atoms with Crippen LogP contribution in [0.2, 0.25) is 0 Å². The highest BCUT2D eigenvalue weighted by atomic mass is 16.5. The second kappa shape index (κ2) is 5.61. The first-order valence-corrected chi connectivity index (χ1v) is 7.32. The van der Waals surface area contributed by atoms with Crippen LogP contribution in [0.25, 0.3) is 0 Å². The fourth-order valence-electron chi connectivity index (χ4n) is 3.03. The molecule has 2 heterocycles. The van der Waals surface area contributed by atoms with Crippen LogP contribution >= 0.6 is 0 Å². The van der Waals surface area contributed by atoms with Gasteiger partial charge in [0.25, 0.3) is 0 Å². The van der Waals surface area contributed by atoms with E-state index in [9.17, 15) is 0 Å². The van der Waals surface area contributed by atoms with Gasteiger partial charge in [0.05, 0.1) is 25.9 Å². The van der Waals surface area contributed by atoms with Crippen LogP contribution in [0.3, 0.4) is 0 Å². The predicted octanol–water partition coefficient (Wildman–Crippen LogP) is 1.90. The molecular formula is C16H23NO2. The molecule has 3 rings (SSSR count). The summed E-state index contributed by atoms with van der Waals surface area (Å²) < 4.78 is 11.4. The van der Waals surface area contributed by atoms with E-state index in [4.69, 9.17) is 9.47 Å². The standard InChI is InChI=1S/C16H23NO2/c1-2-13-3-5-14(6-4-13)16(11-18-12-16)9-15-10-17-7-8-19-15/h3-6,15,17H,2,7-12H2,1H3. The van der Waals surface area contributed by atoms with Crippen LogP contribution in [-0.2, 0) is 21.3 Å². The van der Waals surface area contributed by atoms with E-state index in [1.54, 1.807) is 0 Å². The van der Waals surface area contributed by atoms with Gasteiger partial charge in [0, 0.05) is 18.5 Å². The Balaban J connectivity index is 1.73. The van der Waals surface area contributed by atoms with Crippen LogP contribution in [0.4, 0.5) is 0 Å². The molecule has 0 aliphatic carbocycles. The lowest BCUT2D eigenvalue weighted by molar-refractivity contribution is -0.0942. The number of nitrogens with one attached hydrogen (secondary N) is 1. The molecule has 3 heteroatoms. The molecule has 1 aromatic carbocycles. The largest absolute Gasteiger partial charge is 0.379 e. The van der Waals surface area contributed by atoms with E-state index >= 15 is 0 Å². The Labute approximate surface area is 115 Å². The van der Waals surface area contributed by atoms with E-state index in [0.717, 1.165) is 45.8 Å². The lowest BCUT2D eigenvalue weighted by Gasteiger charge is -2.44. The van der Waals surface area contributed by atoms with Gasteiger partial charge in [-0.2, -0.15) is 0 Å². The van der Waals surface area contributed by atoms with E-state index < -0.39 is 0 Å². The minimum atomic E-state index is 0.177. The van der Waals surface area contributed by atoms with Crippen molar-refractivity contribution in [1.82, 2.24) is 5.32 Å². The molecule has 1 aromatic rings. The molecule has 2 aliphatic rings. The number of benzene rings is 1. The monoisotopic (exact) mass is 261 g/mol. The van der Waals surface area contributed by atoms with Gasteiger partial charge in [-0.15, -0.1) is 0 Å². The van der Waals surface area contributed by atoms with Crippen molar-refractivity contribution in [2.75, 3.05) is 32.9 Å². The van der Waals surface area contributed by atoms with Crippen LogP contribution < -0.4 is 5.32 Å². The molecule has 0 amide bonds. The van der Waals surface area contributed by atoms with Gasteiger partial charge < -0.3 is 14.8 Å². The van der Waals surface area contributed by atoms with E-state index in [2.05, 4.69) is 36.5 Å². The molecule has 1 unspecified atom stereocenters. The smallest absolute Gasteiger partial charge is 0.0710 e. The molecule has 2 saturated heterocycles. The van der Waals surface area contributed by atoms with E-state index in [0.29, 0.717) is 6.10 Å². The van der Waals surface area contributed by atoms with Crippen molar-refractivity contribution in [3.63, 3.8) is 0 Å². The average molecular weight is 261 g/mol. The van der Waals surface area contributed by atoms with E-state index in [1.807, 2.05) is 0 Å². The van der Waals surface area contributed by atoms with Gasteiger partial charge in [-0.05, 0) is 24.0 Å². The molecule has 0 aromatic heterocycles. The van der Waals surface area contributed by atoms with Gasteiger partial charge in [0.2, 0.25) is 0 Å². The summed E-state index contributed by atoms with van der Waals surface area (Å²) in [6, 6.07) is 9.04. The summed E-state index contributed by atoms with van der Waals surface area (Å²) in [5.41, 5.74) is 2.98. The third-order valence-corrected chi connectivity index (χ3v) is 4.35. The minimum absolute atomic E-state index is 0.177. The fraction of sp³-hybridized carbons (Fsp3) is 0.625. The zero-order valence-corrected chi connectivity index (χ0v) is 11.7. The number of hydrogen-bond acceptors (Lipinski definition) is 3. The summed E-state index contributed by atoms with van der Waals surface area (Å²) in [7, 11) is 0. The van der Waals surface area contributed by atoms with Crippen molar-refractivity contribution in [1.29, 1.82) is 0 Å². The molecule has 104 valence electrons. The number of rotatable bonds is 4. The van der Waals surface area contributed by atoms with Gasteiger partial charge in [0.1, 0.15) is 0 Å². The van der Waals surface area contributed by atoms with Gasteiger partial charge >= 0.3 is 0 Å². The molecule has 2 fully saturated rings. The SMILES string of the molecule is CCc1ccc(C2(CC3CNCCO3)COC2)cc1. The third kappa shape index (κ3) is 2.69. The van der Waals surface area contributed by atoms with Crippen molar-refractivity contribution in [3.8, 4) is 0 Å². The van der Waals surface area contributed by atoms with Crippen molar-refractivity contribution < 1.29 is 9.47 Å². The Kier molecular flexibility index (Phi) is 3.87. The summed E-state index contributed by atoms with van der Waals surface area (Å²) in [6.07, 6.45) is 2.48. The maximum atomic E-state index is 5.86. The lowest BCUT2D eigenvalue weighted by atomic mass is 9.74. The Morgan fingerprint density at radius 3 is 2.58 bits per heavy atom. The second-order valence-corrected chi connectivity index (χ2v) is 5.72. The maximum Gasteiger partial charge on any atom is 0.0710 e. The molecular weight excluding hydrogens is 238 g/mol. The maximum absolute atomic E-state index is 5.86. The molecule has 0 spiro atoms. The second-order valence-electron chi connectivity index (χ2n) is 5.72. The number of hydrogen-bond donors (Lipinski definition) is 1. The first kappa shape index (κ1) is 13.1. The molecule has 0 bridgehead atoms. The normalized spacial score (nSPS) is 25.8. The average Bonchev–Trinajstić information content (AvgIpc) is 2.44. The Morgan fingerprint density at radius 2 is 2.05 bits per heavy atom. The zero-order chi connectivity index (χ0) is 13.1. The molecule has 3 nitrogen and oxygen atoms in total. The summed E-state index contributed by atoms with van der Waals surface area (Å²) in [5, 5.41) is 3.41. The van der Waals surface area contributed by atoms with Crippen LogP contribution in [0, 0.1) is 0 Å². The first-order chi connectivity index (χ1) is 9.32. The quantitative estimate of drug-likeness (QED) is 0.898. The third-order valence-electron chi connectivity index (χ3n) is 4.35. The van der Waals surface area contributed by atoms with Crippen molar-refractivity contribution >= 4 is 0 Å². The van der Waals surface area contributed by atoms with Gasteiger partial charge in [-0.25, -0.2) is 0 Å². The van der Waals surface area contributed by atoms with Crippen molar-refractivity contribution in [3.05, 3.63) is 35.4 Å². The van der Waals surface area contributed by atoms with E-state index in [1.165, 1.54) is 11.1 Å². The summed E-state index contributed by atoms with van der Waals surface area (Å²) in [6.45, 7) is 6.63. The van der Waals surface area contributed by atoms with Gasteiger partial charge in [-0.3, -0.25) is 0 Å². The summed E-state index contributed by atoms with van der Waals surface area (Å²) >= 11 is 0. The highest BCUT2D eigenvalue weighted by Crippen LogP contribution is 2.37. The number of ether oxygens (including phenoxy) is 2. The molecule has 1 N–H and O–H groups in total. The van der Waals surface area contributed by atoms with Crippen molar-refractivity contribution in [2.24, 2.45) is 0 Å². The summed E-state index contributed by atoms with van der Waals surface area (Å²) in [4.78, 5) is 0. The Bertz CT molecular complexity index is 405. The highest BCUT2D eigenvalue weighted by Gasteiger charge is 2.42. The molecule has 2 aliphatic heterocycles. The molecule has 1 atom stereocenters.